The van der Waals surface area contributed by atoms with Crippen LogP contribution in [0.5, 0.6) is 0 Å². The highest BCUT2D eigenvalue weighted by Crippen LogP contribution is 2.27. The minimum atomic E-state index is -0.345. The number of aromatic nitrogens is 2. The van der Waals surface area contributed by atoms with Crippen LogP contribution in [0.2, 0.25) is 0 Å². The maximum atomic E-state index is 13.2. The standard InChI is InChI=1S/C24H25FN4O/c1-16-3-5-18(6-4-16)22-26-15-21(23(28-22)29-13-11-17(2)12-14-29)24(30)27-20-9-7-19(25)8-10-20/h3-10,15,17H,11-14H2,1-2H3,(H,27,30). The van der Waals surface area contributed by atoms with Crippen molar-refractivity contribution in [2.45, 2.75) is 26.7 Å². The third-order valence-electron chi connectivity index (χ3n) is 5.51. The summed E-state index contributed by atoms with van der Waals surface area (Å²) in [5.41, 5.74) is 3.03. The summed E-state index contributed by atoms with van der Waals surface area (Å²) in [6.45, 7) is 5.98. The number of hydrogen-bond acceptors (Lipinski definition) is 4. The van der Waals surface area contributed by atoms with Gasteiger partial charge in [0.1, 0.15) is 17.2 Å². The lowest BCUT2D eigenvalue weighted by Gasteiger charge is -2.32. The Morgan fingerprint density at radius 3 is 2.40 bits per heavy atom. The Morgan fingerprint density at radius 1 is 1.07 bits per heavy atom. The summed E-state index contributed by atoms with van der Waals surface area (Å²) >= 11 is 0. The van der Waals surface area contributed by atoms with Crippen LogP contribution in [0, 0.1) is 18.7 Å². The fraction of sp³-hybridized carbons (Fsp3) is 0.292. The number of anilines is 2. The number of piperidine rings is 1. The number of aryl methyl sites for hydroxylation is 1. The molecule has 154 valence electrons. The Balaban J connectivity index is 1.68. The number of rotatable bonds is 4. The average Bonchev–Trinajstić information content (AvgIpc) is 2.76. The third kappa shape index (κ3) is 4.48. The molecule has 30 heavy (non-hydrogen) atoms. The second kappa shape index (κ2) is 8.61. The molecule has 1 saturated heterocycles. The summed E-state index contributed by atoms with van der Waals surface area (Å²) in [6.07, 6.45) is 3.71. The van der Waals surface area contributed by atoms with E-state index in [0.717, 1.165) is 31.5 Å². The zero-order valence-corrected chi connectivity index (χ0v) is 17.2. The van der Waals surface area contributed by atoms with Crippen LogP contribution < -0.4 is 10.2 Å². The van der Waals surface area contributed by atoms with Gasteiger partial charge in [-0.2, -0.15) is 0 Å². The van der Waals surface area contributed by atoms with Crippen LogP contribution in [0.15, 0.2) is 54.7 Å². The molecule has 2 heterocycles. The smallest absolute Gasteiger partial charge is 0.261 e. The molecule has 0 spiro atoms. The fourth-order valence-corrected chi connectivity index (χ4v) is 3.57. The van der Waals surface area contributed by atoms with E-state index in [1.807, 2.05) is 31.2 Å². The molecule has 0 radical (unpaired) electrons. The van der Waals surface area contributed by atoms with Gasteiger partial charge in [0.2, 0.25) is 0 Å². The summed E-state index contributed by atoms with van der Waals surface area (Å²) in [5.74, 6) is 1.26. The lowest BCUT2D eigenvalue weighted by molar-refractivity contribution is 0.102. The van der Waals surface area contributed by atoms with Crippen molar-refractivity contribution in [3.63, 3.8) is 0 Å². The van der Waals surface area contributed by atoms with Crippen molar-refractivity contribution in [1.29, 1.82) is 0 Å². The molecule has 0 atom stereocenters. The molecule has 1 N–H and O–H groups in total. The molecule has 0 aliphatic carbocycles. The number of carbonyl (C=O) groups excluding carboxylic acids is 1. The topological polar surface area (TPSA) is 58.1 Å². The van der Waals surface area contributed by atoms with Crippen LogP contribution in [0.4, 0.5) is 15.9 Å². The summed E-state index contributed by atoms with van der Waals surface area (Å²) in [6, 6.07) is 13.7. The summed E-state index contributed by atoms with van der Waals surface area (Å²) < 4.78 is 13.2. The quantitative estimate of drug-likeness (QED) is 0.659. The van der Waals surface area contributed by atoms with Crippen LogP contribution >= 0.6 is 0 Å². The predicted molar refractivity (Wildman–Crippen MR) is 117 cm³/mol. The van der Waals surface area contributed by atoms with Gasteiger partial charge in [0.05, 0.1) is 0 Å². The summed E-state index contributed by atoms with van der Waals surface area (Å²) in [5, 5.41) is 2.83. The molecule has 6 heteroatoms. The van der Waals surface area contributed by atoms with E-state index in [1.165, 1.54) is 29.8 Å². The first-order valence-corrected chi connectivity index (χ1v) is 10.3. The number of nitrogens with one attached hydrogen (secondary N) is 1. The molecule has 1 amide bonds. The number of nitrogens with zero attached hydrogens (tertiary/aromatic N) is 3. The Morgan fingerprint density at radius 2 is 1.73 bits per heavy atom. The van der Waals surface area contributed by atoms with Crippen LogP contribution in [0.25, 0.3) is 11.4 Å². The molecule has 2 aromatic carbocycles. The molecule has 0 saturated carbocycles. The molecule has 0 unspecified atom stereocenters. The second-order valence-electron chi connectivity index (χ2n) is 7.93. The van der Waals surface area contributed by atoms with E-state index in [1.54, 1.807) is 6.20 Å². The van der Waals surface area contributed by atoms with Crippen molar-refractivity contribution >= 4 is 17.4 Å². The predicted octanol–water partition coefficient (Wildman–Crippen LogP) is 5.08. The van der Waals surface area contributed by atoms with Gasteiger partial charge in [-0.1, -0.05) is 36.8 Å². The molecule has 1 fully saturated rings. The monoisotopic (exact) mass is 404 g/mol. The first-order chi connectivity index (χ1) is 14.5. The van der Waals surface area contributed by atoms with Crippen molar-refractivity contribution in [3.8, 4) is 11.4 Å². The highest BCUT2D eigenvalue weighted by molar-refractivity contribution is 6.07. The van der Waals surface area contributed by atoms with Gasteiger partial charge in [-0.05, 0) is 49.9 Å². The summed E-state index contributed by atoms with van der Waals surface area (Å²) in [4.78, 5) is 24.4. The maximum Gasteiger partial charge on any atom is 0.261 e. The van der Waals surface area contributed by atoms with Crippen LogP contribution in [0.3, 0.4) is 0 Å². The molecular formula is C24H25FN4O. The van der Waals surface area contributed by atoms with Gasteiger partial charge in [0.15, 0.2) is 5.82 Å². The Labute approximate surface area is 176 Å². The number of hydrogen-bond donors (Lipinski definition) is 1. The zero-order valence-electron chi connectivity index (χ0n) is 17.2. The molecule has 4 rings (SSSR count). The SMILES string of the molecule is Cc1ccc(-c2ncc(C(=O)Nc3ccc(F)cc3)c(N3CCC(C)CC3)n2)cc1. The number of amides is 1. The molecule has 3 aromatic rings. The van der Waals surface area contributed by atoms with Crippen LogP contribution in [-0.4, -0.2) is 29.0 Å². The minimum absolute atomic E-state index is 0.300. The zero-order chi connectivity index (χ0) is 21.1. The minimum Gasteiger partial charge on any atom is -0.356 e. The van der Waals surface area contributed by atoms with Gasteiger partial charge < -0.3 is 10.2 Å². The molecule has 5 nitrogen and oxygen atoms in total. The number of carbonyl (C=O) groups is 1. The first kappa shape index (κ1) is 20.0. The molecule has 1 aromatic heterocycles. The van der Waals surface area contributed by atoms with Gasteiger partial charge in [-0.25, -0.2) is 14.4 Å². The lowest BCUT2D eigenvalue weighted by atomic mass is 9.99. The van der Waals surface area contributed by atoms with Crippen LogP contribution in [0.1, 0.15) is 35.7 Å². The van der Waals surface area contributed by atoms with Gasteiger partial charge in [-0.3, -0.25) is 4.79 Å². The lowest BCUT2D eigenvalue weighted by Crippen LogP contribution is -2.35. The van der Waals surface area contributed by atoms with Gasteiger partial charge >= 0.3 is 0 Å². The largest absolute Gasteiger partial charge is 0.356 e. The van der Waals surface area contributed by atoms with Crippen molar-refractivity contribution < 1.29 is 9.18 Å². The van der Waals surface area contributed by atoms with E-state index in [0.29, 0.717) is 28.8 Å². The van der Waals surface area contributed by atoms with Crippen molar-refractivity contribution in [1.82, 2.24) is 9.97 Å². The number of benzene rings is 2. The van der Waals surface area contributed by atoms with Crippen molar-refractivity contribution in [2.24, 2.45) is 5.92 Å². The molecule has 1 aliphatic heterocycles. The van der Waals surface area contributed by atoms with Crippen LogP contribution in [-0.2, 0) is 0 Å². The average molecular weight is 404 g/mol. The highest BCUT2D eigenvalue weighted by atomic mass is 19.1. The van der Waals surface area contributed by atoms with Gasteiger partial charge in [0.25, 0.3) is 5.91 Å². The van der Waals surface area contributed by atoms with E-state index >= 15 is 0 Å². The third-order valence-corrected chi connectivity index (χ3v) is 5.51. The van der Waals surface area contributed by atoms with Crippen molar-refractivity contribution in [3.05, 3.63) is 71.7 Å². The Hall–Kier alpha value is -3.28. The van der Waals surface area contributed by atoms with E-state index in [-0.39, 0.29) is 11.7 Å². The maximum absolute atomic E-state index is 13.2. The van der Waals surface area contributed by atoms with E-state index in [9.17, 15) is 9.18 Å². The number of halogens is 1. The van der Waals surface area contributed by atoms with Crippen molar-refractivity contribution in [2.75, 3.05) is 23.3 Å². The van der Waals surface area contributed by atoms with Gasteiger partial charge in [0, 0.05) is 30.5 Å². The summed E-state index contributed by atoms with van der Waals surface area (Å²) in [7, 11) is 0. The molecule has 1 aliphatic rings. The van der Waals surface area contributed by atoms with E-state index in [2.05, 4.69) is 22.1 Å². The Kier molecular flexibility index (Phi) is 5.74. The van der Waals surface area contributed by atoms with Gasteiger partial charge in [-0.15, -0.1) is 0 Å². The second-order valence-corrected chi connectivity index (χ2v) is 7.93. The van der Waals surface area contributed by atoms with E-state index < -0.39 is 0 Å². The fourth-order valence-electron chi connectivity index (χ4n) is 3.57. The molecule has 0 bridgehead atoms. The molecular weight excluding hydrogens is 379 g/mol. The first-order valence-electron chi connectivity index (χ1n) is 10.3. The normalized spacial score (nSPS) is 14.6. The Bertz CT molecular complexity index is 1030. The highest BCUT2D eigenvalue weighted by Gasteiger charge is 2.24. The van der Waals surface area contributed by atoms with E-state index in [4.69, 9.17) is 4.98 Å².